The first-order valence-corrected chi connectivity index (χ1v) is 6.34. The maximum atomic E-state index is 11.9. The number of amides is 1. The summed E-state index contributed by atoms with van der Waals surface area (Å²) in [6.07, 6.45) is 1.13. The predicted octanol–water partition coefficient (Wildman–Crippen LogP) is 0.734. The van der Waals surface area contributed by atoms with Gasteiger partial charge in [-0.05, 0) is 13.0 Å². The highest BCUT2D eigenvalue weighted by Crippen LogP contribution is 2.09. The molecule has 21 heavy (non-hydrogen) atoms. The fourth-order valence-corrected chi connectivity index (χ4v) is 1.67. The van der Waals surface area contributed by atoms with Crippen LogP contribution >= 0.6 is 0 Å². The van der Waals surface area contributed by atoms with E-state index < -0.39 is 5.63 Å². The van der Waals surface area contributed by atoms with Crippen LogP contribution in [0.1, 0.15) is 21.9 Å². The monoisotopic (exact) mass is 288 g/mol. The molecule has 0 spiro atoms. The Morgan fingerprint density at radius 1 is 1.33 bits per heavy atom. The third-order valence-electron chi connectivity index (χ3n) is 2.72. The van der Waals surface area contributed by atoms with Crippen LogP contribution in [-0.2, 0) is 6.54 Å². The average Bonchev–Trinajstić information content (AvgIpc) is 2.45. The summed E-state index contributed by atoms with van der Waals surface area (Å²) >= 11 is 0. The lowest BCUT2D eigenvalue weighted by atomic mass is 10.3. The highest BCUT2D eigenvalue weighted by molar-refractivity contribution is 5.93. The molecule has 0 saturated carbocycles. The highest BCUT2D eigenvalue weighted by Gasteiger charge is 2.09. The topological polar surface area (TPSA) is 88.3 Å². The van der Waals surface area contributed by atoms with Crippen LogP contribution in [0.5, 0.6) is 0 Å². The number of rotatable bonds is 4. The Morgan fingerprint density at radius 3 is 2.71 bits per heavy atom. The van der Waals surface area contributed by atoms with Crippen molar-refractivity contribution in [1.29, 1.82) is 0 Å². The minimum atomic E-state index is -0.496. The number of hydrogen-bond acceptors (Lipinski definition) is 6. The van der Waals surface area contributed by atoms with E-state index in [1.807, 2.05) is 32.0 Å². The molecule has 2 aromatic heterocycles. The van der Waals surface area contributed by atoms with Gasteiger partial charge in [-0.15, -0.1) is 0 Å². The minimum Gasteiger partial charge on any atom is -0.430 e. The van der Waals surface area contributed by atoms with E-state index in [-0.39, 0.29) is 18.0 Å². The van der Waals surface area contributed by atoms with Crippen LogP contribution in [0.25, 0.3) is 0 Å². The highest BCUT2D eigenvalue weighted by atomic mass is 16.4. The van der Waals surface area contributed by atoms with Gasteiger partial charge in [-0.1, -0.05) is 0 Å². The zero-order valence-electron chi connectivity index (χ0n) is 12.1. The van der Waals surface area contributed by atoms with Crippen LogP contribution in [0, 0.1) is 6.92 Å². The zero-order valence-corrected chi connectivity index (χ0v) is 12.1. The van der Waals surface area contributed by atoms with Crippen LogP contribution in [0.15, 0.2) is 33.7 Å². The smallest absolute Gasteiger partial charge is 0.335 e. The Balaban J connectivity index is 2.07. The van der Waals surface area contributed by atoms with Crippen LogP contribution in [-0.4, -0.2) is 30.0 Å². The van der Waals surface area contributed by atoms with Crippen LogP contribution < -0.4 is 15.8 Å². The Kier molecular flexibility index (Phi) is 4.32. The SMILES string of the molecule is Cc1cc(N(C)C)nc(CNC(=O)c2ccc(=O)oc2)n1. The molecule has 2 rings (SSSR count). The molecule has 0 fully saturated rings. The maximum Gasteiger partial charge on any atom is 0.335 e. The Morgan fingerprint density at radius 2 is 2.10 bits per heavy atom. The second-order valence-corrected chi connectivity index (χ2v) is 4.70. The van der Waals surface area contributed by atoms with E-state index in [1.54, 1.807) is 0 Å². The van der Waals surface area contributed by atoms with Gasteiger partial charge in [-0.2, -0.15) is 0 Å². The number of carbonyl (C=O) groups is 1. The molecule has 0 atom stereocenters. The number of nitrogens with zero attached hydrogens (tertiary/aromatic N) is 3. The van der Waals surface area contributed by atoms with Crippen molar-refractivity contribution in [1.82, 2.24) is 15.3 Å². The first-order valence-electron chi connectivity index (χ1n) is 6.34. The van der Waals surface area contributed by atoms with Crippen molar-refractivity contribution < 1.29 is 9.21 Å². The van der Waals surface area contributed by atoms with Gasteiger partial charge in [-0.25, -0.2) is 14.8 Å². The van der Waals surface area contributed by atoms with Crippen LogP contribution in [0.3, 0.4) is 0 Å². The molecular weight excluding hydrogens is 272 g/mol. The standard InChI is InChI=1S/C14H16N4O3/c1-9-6-12(18(2)3)17-11(16-9)7-15-14(20)10-4-5-13(19)21-8-10/h4-6,8H,7H2,1-3H3,(H,15,20). The van der Waals surface area contributed by atoms with Crippen molar-refractivity contribution in [2.24, 2.45) is 0 Å². The van der Waals surface area contributed by atoms with Crippen LogP contribution in [0.4, 0.5) is 5.82 Å². The molecule has 1 N–H and O–H groups in total. The van der Waals surface area contributed by atoms with E-state index in [2.05, 4.69) is 19.7 Å². The molecular formula is C14H16N4O3. The molecule has 2 heterocycles. The summed E-state index contributed by atoms with van der Waals surface area (Å²) in [5.74, 6) is 0.942. The van der Waals surface area contributed by atoms with Gasteiger partial charge in [0.25, 0.3) is 5.91 Å². The maximum absolute atomic E-state index is 11.9. The van der Waals surface area contributed by atoms with Crippen molar-refractivity contribution in [3.8, 4) is 0 Å². The summed E-state index contributed by atoms with van der Waals surface area (Å²) < 4.78 is 4.65. The zero-order chi connectivity index (χ0) is 15.4. The van der Waals surface area contributed by atoms with E-state index in [9.17, 15) is 9.59 Å². The molecule has 1 amide bonds. The lowest BCUT2D eigenvalue weighted by Crippen LogP contribution is -2.25. The second kappa shape index (κ2) is 6.17. The summed E-state index contributed by atoms with van der Waals surface area (Å²) in [4.78, 5) is 33.2. The van der Waals surface area contributed by atoms with Gasteiger partial charge in [0.05, 0.1) is 12.1 Å². The molecule has 7 heteroatoms. The summed E-state index contributed by atoms with van der Waals surface area (Å²) in [7, 11) is 3.77. The molecule has 2 aromatic rings. The molecule has 0 aliphatic carbocycles. The fourth-order valence-electron chi connectivity index (χ4n) is 1.67. The number of nitrogens with one attached hydrogen (secondary N) is 1. The molecule has 7 nitrogen and oxygen atoms in total. The quantitative estimate of drug-likeness (QED) is 0.892. The van der Waals surface area contributed by atoms with Gasteiger partial charge in [-0.3, -0.25) is 4.79 Å². The number of anilines is 1. The lowest BCUT2D eigenvalue weighted by molar-refractivity contribution is 0.0947. The number of aromatic nitrogens is 2. The molecule has 0 aliphatic rings. The number of aryl methyl sites for hydroxylation is 1. The normalized spacial score (nSPS) is 10.2. The largest absolute Gasteiger partial charge is 0.430 e. The predicted molar refractivity (Wildman–Crippen MR) is 77.2 cm³/mol. The van der Waals surface area contributed by atoms with Crippen LogP contribution in [0.2, 0.25) is 0 Å². The summed E-state index contributed by atoms with van der Waals surface area (Å²) in [5.41, 5.74) is 0.600. The van der Waals surface area contributed by atoms with Crippen molar-refractivity contribution in [2.45, 2.75) is 13.5 Å². The molecule has 0 aromatic carbocycles. The van der Waals surface area contributed by atoms with Gasteiger partial charge in [0, 0.05) is 31.9 Å². The average molecular weight is 288 g/mol. The summed E-state index contributed by atoms with van der Waals surface area (Å²) in [6, 6.07) is 4.46. The number of hydrogen-bond donors (Lipinski definition) is 1. The molecule has 110 valence electrons. The molecule has 0 bridgehead atoms. The van der Waals surface area contributed by atoms with E-state index in [4.69, 9.17) is 0 Å². The van der Waals surface area contributed by atoms with E-state index in [0.29, 0.717) is 5.82 Å². The Bertz CT molecular complexity index is 689. The van der Waals surface area contributed by atoms with Gasteiger partial charge in [0.1, 0.15) is 17.9 Å². The van der Waals surface area contributed by atoms with Gasteiger partial charge in [0.15, 0.2) is 0 Å². The Hall–Kier alpha value is -2.70. The third kappa shape index (κ3) is 3.88. The van der Waals surface area contributed by atoms with Crippen molar-refractivity contribution in [3.63, 3.8) is 0 Å². The fraction of sp³-hybridized carbons (Fsp3) is 0.286. The Labute approximate surface area is 121 Å². The molecule has 0 aliphatic heterocycles. The van der Waals surface area contributed by atoms with Crippen molar-refractivity contribution in [3.05, 3.63) is 52.0 Å². The first kappa shape index (κ1) is 14.7. The second-order valence-electron chi connectivity index (χ2n) is 4.70. The van der Waals surface area contributed by atoms with Gasteiger partial charge in [0.2, 0.25) is 0 Å². The van der Waals surface area contributed by atoms with E-state index in [0.717, 1.165) is 17.8 Å². The van der Waals surface area contributed by atoms with Crippen molar-refractivity contribution >= 4 is 11.7 Å². The van der Waals surface area contributed by atoms with E-state index >= 15 is 0 Å². The number of carbonyl (C=O) groups excluding carboxylic acids is 1. The third-order valence-corrected chi connectivity index (χ3v) is 2.72. The molecule has 0 saturated heterocycles. The van der Waals surface area contributed by atoms with Crippen molar-refractivity contribution in [2.75, 3.05) is 19.0 Å². The first-order chi connectivity index (χ1) is 9.95. The summed E-state index contributed by atoms with van der Waals surface area (Å²) in [5, 5.41) is 2.68. The summed E-state index contributed by atoms with van der Waals surface area (Å²) in [6.45, 7) is 2.06. The molecule has 0 unspecified atom stereocenters. The van der Waals surface area contributed by atoms with Gasteiger partial charge < -0.3 is 14.6 Å². The van der Waals surface area contributed by atoms with Gasteiger partial charge >= 0.3 is 5.63 Å². The lowest BCUT2D eigenvalue weighted by Gasteiger charge is -2.13. The minimum absolute atomic E-state index is 0.195. The molecule has 0 radical (unpaired) electrons. The van der Waals surface area contributed by atoms with E-state index in [1.165, 1.54) is 12.1 Å².